The number of rotatable bonds is 4. The highest BCUT2D eigenvalue weighted by atomic mass is 32.2. The average molecular weight is 307 g/mol. The molecule has 0 spiro atoms. The Labute approximate surface area is 129 Å². The van der Waals surface area contributed by atoms with Crippen LogP contribution in [0.1, 0.15) is 30.2 Å². The smallest absolute Gasteiger partial charge is 0.226 e. The van der Waals surface area contributed by atoms with Crippen LogP contribution in [0.25, 0.3) is 0 Å². The molecule has 2 aliphatic rings. The average Bonchev–Trinajstić information content (AvgIpc) is 2.93. The number of benzene rings is 1. The quantitative estimate of drug-likeness (QED) is 0.857. The van der Waals surface area contributed by atoms with Gasteiger partial charge >= 0.3 is 0 Å². The van der Waals surface area contributed by atoms with Gasteiger partial charge in [0, 0.05) is 23.8 Å². The molecule has 4 nitrogen and oxygen atoms in total. The zero-order chi connectivity index (χ0) is 14.8. The largest absolute Gasteiger partial charge is 0.497 e. The van der Waals surface area contributed by atoms with Crippen molar-refractivity contribution in [2.24, 2.45) is 5.92 Å². The van der Waals surface area contributed by atoms with E-state index in [1.807, 2.05) is 23.1 Å². The van der Waals surface area contributed by atoms with Gasteiger partial charge in [-0.25, -0.2) is 0 Å². The number of amides is 1. The van der Waals surface area contributed by atoms with E-state index in [1.54, 1.807) is 26.0 Å². The van der Waals surface area contributed by atoms with Gasteiger partial charge in [-0.2, -0.15) is 0 Å². The van der Waals surface area contributed by atoms with Gasteiger partial charge in [0.2, 0.25) is 5.91 Å². The number of ether oxygens (including phenoxy) is 2. The minimum absolute atomic E-state index is 0.0446. The van der Waals surface area contributed by atoms with Crippen LogP contribution < -0.4 is 9.47 Å². The molecule has 5 heteroatoms. The van der Waals surface area contributed by atoms with Crippen LogP contribution in [0.15, 0.2) is 18.2 Å². The molecule has 21 heavy (non-hydrogen) atoms. The lowest BCUT2D eigenvalue weighted by Crippen LogP contribution is -2.38. The molecule has 1 amide bonds. The van der Waals surface area contributed by atoms with E-state index in [4.69, 9.17) is 9.47 Å². The van der Waals surface area contributed by atoms with Gasteiger partial charge in [-0.3, -0.25) is 4.79 Å². The highest BCUT2D eigenvalue weighted by Crippen LogP contribution is 2.45. The lowest BCUT2D eigenvalue weighted by molar-refractivity contribution is -0.138. The van der Waals surface area contributed by atoms with Crippen molar-refractivity contribution in [3.63, 3.8) is 0 Å². The highest BCUT2D eigenvalue weighted by Gasteiger charge is 2.37. The summed E-state index contributed by atoms with van der Waals surface area (Å²) in [5, 5.41) is 0.0446. The molecule has 114 valence electrons. The predicted molar refractivity (Wildman–Crippen MR) is 83.8 cm³/mol. The van der Waals surface area contributed by atoms with Crippen LogP contribution >= 0.6 is 11.8 Å². The van der Waals surface area contributed by atoms with E-state index in [0.29, 0.717) is 5.91 Å². The first kappa shape index (κ1) is 14.6. The summed E-state index contributed by atoms with van der Waals surface area (Å²) in [5.41, 5.74) is 1.03. The summed E-state index contributed by atoms with van der Waals surface area (Å²) in [5.74, 6) is 3.14. The van der Waals surface area contributed by atoms with Crippen LogP contribution in [-0.2, 0) is 4.79 Å². The molecular formula is C16H21NO3S. The summed E-state index contributed by atoms with van der Waals surface area (Å²) in [7, 11) is 3.33. The molecule has 0 aromatic heterocycles. The predicted octanol–water partition coefficient (Wildman–Crippen LogP) is 3.08. The van der Waals surface area contributed by atoms with Gasteiger partial charge < -0.3 is 14.4 Å². The lowest BCUT2D eigenvalue weighted by atomic mass is 9.84. The summed E-state index contributed by atoms with van der Waals surface area (Å²) < 4.78 is 10.8. The van der Waals surface area contributed by atoms with Crippen molar-refractivity contribution in [2.45, 2.75) is 24.6 Å². The summed E-state index contributed by atoms with van der Waals surface area (Å²) in [6.45, 7) is 0.824. The van der Waals surface area contributed by atoms with Gasteiger partial charge in [-0.1, -0.05) is 6.42 Å². The third-order valence-electron chi connectivity index (χ3n) is 4.33. The third kappa shape index (κ3) is 2.71. The molecule has 0 radical (unpaired) electrons. The zero-order valence-electron chi connectivity index (χ0n) is 12.5. The number of nitrogens with zero attached hydrogens (tertiary/aromatic N) is 1. The fraction of sp³-hybridized carbons (Fsp3) is 0.562. The standard InChI is InChI=1S/C16H21NO3S/c1-19-12-6-7-14(20-2)13(10-12)16-17(8-9-21-16)15(18)11-4-3-5-11/h6-7,10-11,16H,3-5,8-9H2,1-2H3. The molecule has 1 atom stereocenters. The molecule has 1 aromatic rings. The molecule has 1 saturated heterocycles. The van der Waals surface area contributed by atoms with Gasteiger partial charge in [0.1, 0.15) is 16.9 Å². The first-order valence-corrected chi connectivity index (χ1v) is 8.43. The van der Waals surface area contributed by atoms with Crippen molar-refractivity contribution in [3.8, 4) is 11.5 Å². The number of hydrogen-bond acceptors (Lipinski definition) is 4. The number of carbonyl (C=O) groups is 1. The minimum atomic E-state index is 0.0446. The van der Waals surface area contributed by atoms with E-state index in [0.717, 1.165) is 42.2 Å². The van der Waals surface area contributed by atoms with Gasteiger partial charge in [-0.05, 0) is 31.0 Å². The molecule has 1 aliphatic carbocycles. The fourth-order valence-electron chi connectivity index (χ4n) is 2.88. The number of methoxy groups -OCH3 is 2. The van der Waals surface area contributed by atoms with Crippen LogP contribution in [0.3, 0.4) is 0 Å². The third-order valence-corrected chi connectivity index (χ3v) is 5.57. The molecular weight excluding hydrogens is 286 g/mol. The lowest BCUT2D eigenvalue weighted by Gasteiger charge is -2.32. The Bertz CT molecular complexity index is 530. The molecule has 0 N–H and O–H groups in total. The van der Waals surface area contributed by atoms with Crippen molar-refractivity contribution < 1.29 is 14.3 Å². The van der Waals surface area contributed by atoms with Crippen molar-refractivity contribution in [1.29, 1.82) is 0 Å². The first-order chi connectivity index (χ1) is 10.2. The summed E-state index contributed by atoms with van der Waals surface area (Å²) >= 11 is 1.80. The van der Waals surface area contributed by atoms with Gasteiger partial charge in [0.25, 0.3) is 0 Å². The maximum absolute atomic E-state index is 12.6. The SMILES string of the molecule is COc1ccc(OC)c(C2SCCN2C(=O)C2CCC2)c1. The topological polar surface area (TPSA) is 38.8 Å². The fourth-order valence-corrected chi connectivity index (χ4v) is 4.15. The minimum Gasteiger partial charge on any atom is -0.497 e. The summed E-state index contributed by atoms with van der Waals surface area (Å²) in [4.78, 5) is 14.6. The number of thioether (sulfide) groups is 1. The Kier molecular flexibility index (Phi) is 4.29. The number of carbonyl (C=O) groups excluding carboxylic acids is 1. The molecule has 1 unspecified atom stereocenters. The van der Waals surface area contributed by atoms with Crippen molar-refractivity contribution in [3.05, 3.63) is 23.8 Å². The molecule has 1 saturated carbocycles. The van der Waals surface area contributed by atoms with E-state index >= 15 is 0 Å². The molecule has 1 heterocycles. The summed E-state index contributed by atoms with van der Waals surface area (Å²) in [6.07, 6.45) is 3.27. The normalized spacial score (nSPS) is 22.0. The number of hydrogen-bond donors (Lipinski definition) is 0. The Morgan fingerprint density at radius 1 is 1.29 bits per heavy atom. The Hall–Kier alpha value is -1.36. The monoisotopic (exact) mass is 307 g/mol. The van der Waals surface area contributed by atoms with Crippen LogP contribution in [0.5, 0.6) is 11.5 Å². The van der Waals surface area contributed by atoms with Crippen LogP contribution in [0, 0.1) is 5.92 Å². The first-order valence-electron chi connectivity index (χ1n) is 7.38. The molecule has 0 bridgehead atoms. The Morgan fingerprint density at radius 3 is 2.71 bits per heavy atom. The molecule has 1 aliphatic heterocycles. The Morgan fingerprint density at radius 2 is 2.10 bits per heavy atom. The van der Waals surface area contributed by atoms with Gasteiger partial charge in [-0.15, -0.1) is 11.8 Å². The van der Waals surface area contributed by atoms with E-state index in [1.165, 1.54) is 6.42 Å². The van der Waals surface area contributed by atoms with E-state index in [9.17, 15) is 4.79 Å². The van der Waals surface area contributed by atoms with Crippen LogP contribution in [0.4, 0.5) is 0 Å². The van der Waals surface area contributed by atoms with Crippen LogP contribution in [-0.4, -0.2) is 37.3 Å². The molecule has 3 rings (SSSR count). The van der Waals surface area contributed by atoms with E-state index in [-0.39, 0.29) is 11.3 Å². The molecule has 2 fully saturated rings. The zero-order valence-corrected chi connectivity index (χ0v) is 13.3. The second kappa shape index (κ2) is 6.18. The van der Waals surface area contributed by atoms with E-state index in [2.05, 4.69) is 0 Å². The van der Waals surface area contributed by atoms with Crippen molar-refractivity contribution >= 4 is 17.7 Å². The van der Waals surface area contributed by atoms with Crippen LogP contribution in [0.2, 0.25) is 0 Å². The van der Waals surface area contributed by atoms with Crippen molar-refractivity contribution in [2.75, 3.05) is 26.5 Å². The van der Waals surface area contributed by atoms with Gasteiger partial charge in [0.15, 0.2) is 0 Å². The summed E-state index contributed by atoms with van der Waals surface area (Å²) in [6, 6.07) is 5.79. The maximum Gasteiger partial charge on any atom is 0.226 e. The molecule has 1 aromatic carbocycles. The van der Waals surface area contributed by atoms with Gasteiger partial charge in [0.05, 0.1) is 14.2 Å². The highest BCUT2D eigenvalue weighted by molar-refractivity contribution is 7.99. The Balaban J connectivity index is 1.88. The van der Waals surface area contributed by atoms with E-state index < -0.39 is 0 Å². The second-order valence-electron chi connectivity index (χ2n) is 5.49. The maximum atomic E-state index is 12.6. The second-order valence-corrected chi connectivity index (χ2v) is 6.68. The van der Waals surface area contributed by atoms with Crippen molar-refractivity contribution in [1.82, 2.24) is 4.90 Å².